The number of amides is 1. The highest BCUT2D eigenvalue weighted by Crippen LogP contribution is 2.07. The van der Waals surface area contributed by atoms with Gasteiger partial charge in [-0.1, -0.05) is 13.8 Å². The first-order chi connectivity index (χ1) is 8.52. The third-order valence-electron chi connectivity index (χ3n) is 2.35. The van der Waals surface area contributed by atoms with Crippen molar-refractivity contribution in [1.29, 1.82) is 0 Å². The lowest BCUT2D eigenvalue weighted by molar-refractivity contribution is -0.137. The van der Waals surface area contributed by atoms with Crippen molar-refractivity contribution in [3.8, 4) is 0 Å². The highest BCUT2D eigenvalue weighted by Gasteiger charge is 2.13. The monoisotopic (exact) mass is 254 g/mol. The van der Waals surface area contributed by atoms with Crippen molar-refractivity contribution in [1.82, 2.24) is 15.1 Å². The predicted octanol–water partition coefficient (Wildman–Crippen LogP) is 0.152. The van der Waals surface area contributed by atoms with Gasteiger partial charge in [0.15, 0.2) is 0 Å². The zero-order valence-electron chi connectivity index (χ0n) is 10.5. The zero-order valence-corrected chi connectivity index (χ0v) is 10.5. The third-order valence-corrected chi connectivity index (χ3v) is 2.35. The number of carboxylic acids is 1. The number of hydrogen-bond donors (Lipinski definition) is 3. The first kappa shape index (κ1) is 14.2. The van der Waals surface area contributed by atoms with Crippen molar-refractivity contribution in [2.24, 2.45) is 5.92 Å². The van der Waals surface area contributed by atoms with Crippen LogP contribution in [0.5, 0.6) is 0 Å². The van der Waals surface area contributed by atoms with Gasteiger partial charge in [-0.3, -0.25) is 14.3 Å². The molecule has 0 aliphatic rings. The summed E-state index contributed by atoms with van der Waals surface area (Å²) in [5.74, 6) is -1.25. The lowest BCUT2D eigenvalue weighted by atomic mass is 10.1. The normalized spacial score (nSPS) is 12.1. The fourth-order valence-corrected chi connectivity index (χ4v) is 1.37. The average Bonchev–Trinajstić information content (AvgIpc) is 2.72. The van der Waals surface area contributed by atoms with Crippen molar-refractivity contribution in [3.05, 3.63) is 12.4 Å². The summed E-state index contributed by atoms with van der Waals surface area (Å²) < 4.78 is 1.26. The molecule has 0 aliphatic heterocycles. The van der Waals surface area contributed by atoms with E-state index < -0.39 is 5.97 Å². The molecular weight excluding hydrogens is 236 g/mol. The number of anilines is 1. The van der Waals surface area contributed by atoms with E-state index in [4.69, 9.17) is 5.11 Å². The van der Waals surface area contributed by atoms with E-state index in [0.717, 1.165) is 6.54 Å². The molecule has 0 radical (unpaired) electrons. The van der Waals surface area contributed by atoms with E-state index in [2.05, 4.69) is 15.7 Å². The molecule has 1 rings (SSSR count). The Labute approximate surface area is 105 Å². The molecule has 7 nitrogen and oxygen atoms in total. The van der Waals surface area contributed by atoms with Crippen molar-refractivity contribution in [2.45, 2.75) is 20.4 Å². The molecule has 0 saturated carbocycles. The molecule has 7 heteroatoms. The Kier molecular flexibility index (Phi) is 5.31. The van der Waals surface area contributed by atoms with E-state index in [-0.39, 0.29) is 18.4 Å². The van der Waals surface area contributed by atoms with Gasteiger partial charge in [-0.2, -0.15) is 5.10 Å². The maximum atomic E-state index is 11.7. The predicted molar refractivity (Wildman–Crippen MR) is 66.2 cm³/mol. The molecule has 0 saturated heterocycles. The van der Waals surface area contributed by atoms with Gasteiger partial charge in [0, 0.05) is 18.7 Å². The van der Waals surface area contributed by atoms with Crippen LogP contribution in [0.1, 0.15) is 13.8 Å². The Bertz CT molecular complexity index is 416. The number of rotatable bonds is 7. The first-order valence-corrected chi connectivity index (χ1v) is 5.78. The smallest absolute Gasteiger partial charge is 0.325 e. The Morgan fingerprint density at radius 1 is 1.56 bits per heavy atom. The molecule has 1 heterocycles. The highest BCUT2D eigenvalue weighted by atomic mass is 16.4. The molecule has 1 amide bonds. The zero-order chi connectivity index (χ0) is 13.5. The van der Waals surface area contributed by atoms with Gasteiger partial charge in [-0.05, 0) is 6.54 Å². The lowest BCUT2D eigenvalue weighted by Gasteiger charge is -2.10. The molecule has 1 aromatic heterocycles. The molecule has 0 aliphatic carbocycles. The van der Waals surface area contributed by atoms with Gasteiger partial charge in [0.1, 0.15) is 6.54 Å². The second-order valence-electron chi connectivity index (χ2n) is 4.02. The van der Waals surface area contributed by atoms with Crippen LogP contribution in [-0.4, -0.2) is 39.9 Å². The maximum absolute atomic E-state index is 11.7. The topological polar surface area (TPSA) is 96.3 Å². The lowest BCUT2D eigenvalue weighted by Crippen LogP contribution is -2.30. The highest BCUT2D eigenvalue weighted by molar-refractivity contribution is 5.92. The first-order valence-electron chi connectivity index (χ1n) is 5.78. The Morgan fingerprint density at radius 3 is 2.89 bits per heavy atom. The number of aromatic nitrogens is 2. The van der Waals surface area contributed by atoms with E-state index in [1.165, 1.54) is 17.1 Å². The second-order valence-corrected chi connectivity index (χ2v) is 4.02. The number of aliphatic carboxylic acids is 1. The van der Waals surface area contributed by atoms with Gasteiger partial charge in [0.2, 0.25) is 5.91 Å². The summed E-state index contributed by atoms with van der Waals surface area (Å²) in [7, 11) is 0. The quantitative estimate of drug-likeness (QED) is 0.643. The second kappa shape index (κ2) is 6.75. The molecule has 1 aromatic rings. The van der Waals surface area contributed by atoms with Crippen LogP contribution in [0.15, 0.2) is 12.4 Å². The number of hydrogen-bond acceptors (Lipinski definition) is 4. The van der Waals surface area contributed by atoms with Gasteiger partial charge in [0.25, 0.3) is 0 Å². The number of carbonyl (C=O) groups excluding carboxylic acids is 1. The summed E-state index contributed by atoms with van der Waals surface area (Å²) in [5, 5.41) is 18.2. The van der Waals surface area contributed by atoms with E-state index in [0.29, 0.717) is 12.2 Å². The summed E-state index contributed by atoms with van der Waals surface area (Å²) in [5.41, 5.74) is 0.504. The molecule has 100 valence electrons. The number of nitrogens with zero attached hydrogens (tertiary/aromatic N) is 2. The average molecular weight is 254 g/mol. The van der Waals surface area contributed by atoms with Crippen LogP contribution < -0.4 is 10.6 Å². The van der Waals surface area contributed by atoms with Crippen LogP contribution >= 0.6 is 0 Å². The molecule has 0 fully saturated rings. The summed E-state index contributed by atoms with van der Waals surface area (Å²) in [4.78, 5) is 22.2. The van der Waals surface area contributed by atoms with Gasteiger partial charge < -0.3 is 15.7 Å². The van der Waals surface area contributed by atoms with E-state index >= 15 is 0 Å². The summed E-state index contributed by atoms with van der Waals surface area (Å²) in [6.07, 6.45) is 2.92. The van der Waals surface area contributed by atoms with Crippen molar-refractivity contribution in [2.75, 3.05) is 18.4 Å². The minimum absolute atomic E-state index is 0.120. The fraction of sp³-hybridized carbons (Fsp3) is 0.545. The summed E-state index contributed by atoms with van der Waals surface area (Å²) in [6.45, 7) is 4.99. The molecule has 0 spiro atoms. The molecule has 3 N–H and O–H groups in total. The van der Waals surface area contributed by atoms with Crippen molar-refractivity contribution >= 4 is 17.6 Å². The van der Waals surface area contributed by atoms with E-state index in [1.54, 1.807) is 0 Å². The van der Waals surface area contributed by atoms with Crippen molar-refractivity contribution < 1.29 is 14.7 Å². The fourth-order valence-electron chi connectivity index (χ4n) is 1.37. The van der Waals surface area contributed by atoms with Gasteiger partial charge in [0.05, 0.1) is 11.9 Å². The number of carbonyl (C=O) groups is 2. The van der Waals surface area contributed by atoms with Crippen LogP contribution in [0.4, 0.5) is 5.69 Å². The van der Waals surface area contributed by atoms with E-state index in [1.807, 2.05) is 13.8 Å². The van der Waals surface area contributed by atoms with Crippen molar-refractivity contribution in [3.63, 3.8) is 0 Å². The molecule has 0 aromatic carbocycles. The van der Waals surface area contributed by atoms with Crippen LogP contribution in [0.25, 0.3) is 0 Å². The Hall–Kier alpha value is -1.89. The standard InChI is InChI=1S/C11H18N4O3/c1-3-12-4-8(2)11(18)14-9-5-13-15(6-9)7-10(16)17/h5-6,8,12H,3-4,7H2,1-2H3,(H,14,18)(H,16,17). The largest absolute Gasteiger partial charge is 0.480 e. The Morgan fingerprint density at radius 2 is 2.28 bits per heavy atom. The summed E-state index contributed by atoms with van der Waals surface area (Å²) >= 11 is 0. The Balaban J connectivity index is 2.48. The SMILES string of the molecule is CCNCC(C)C(=O)Nc1cnn(CC(=O)O)c1. The maximum Gasteiger partial charge on any atom is 0.325 e. The number of carboxylic acid groups (broad SMARTS) is 1. The molecule has 1 atom stereocenters. The minimum atomic E-state index is -0.975. The van der Waals surface area contributed by atoms with Gasteiger partial charge in [-0.25, -0.2) is 0 Å². The third kappa shape index (κ3) is 4.54. The molecule has 1 unspecified atom stereocenters. The number of nitrogens with one attached hydrogen (secondary N) is 2. The van der Waals surface area contributed by atoms with Crippen LogP contribution in [0, 0.1) is 5.92 Å². The van der Waals surface area contributed by atoms with Gasteiger partial charge >= 0.3 is 5.97 Å². The van der Waals surface area contributed by atoms with Crippen LogP contribution in [-0.2, 0) is 16.1 Å². The molecule has 0 bridgehead atoms. The van der Waals surface area contributed by atoms with E-state index in [9.17, 15) is 9.59 Å². The molecule has 18 heavy (non-hydrogen) atoms. The van der Waals surface area contributed by atoms with Gasteiger partial charge in [-0.15, -0.1) is 0 Å². The molecular formula is C11H18N4O3. The summed E-state index contributed by atoms with van der Waals surface area (Å²) in [6, 6.07) is 0. The van der Waals surface area contributed by atoms with Crippen LogP contribution in [0.2, 0.25) is 0 Å². The minimum Gasteiger partial charge on any atom is -0.480 e. The van der Waals surface area contributed by atoms with Crippen LogP contribution in [0.3, 0.4) is 0 Å².